The number of carbonyl (C=O) groups is 5. The summed E-state index contributed by atoms with van der Waals surface area (Å²) in [5, 5.41) is 18.9. The second-order valence-electron chi connectivity index (χ2n) is 32.2. The van der Waals surface area contributed by atoms with Crippen molar-refractivity contribution < 1.29 is 85.8 Å². The lowest BCUT2D eigenvalue weighted by molar-refractivity contribution is -0.194. The fourth-order valence-electron chi connectivity index (χ4n) is 12.1. The Balaban J connectivity index is 0.000000516. The molecule has 126 heavy (non-hydrogen) atoms. The molecule has 48 heteroatoms. The number of nitrogens with one attached hydrogen (secondary N) is 6. The maximum Gasteiger partial charge on any atom is 0.351 e. The van der Waals surface area contributed by atoms with Gasteiger partial charge in [0.1, 0.15) is 12.7 Å². The Hall–Kier alpha value is -8.41. The van der Waals surface area contributed by atoms with E-state index in [1.165, 1.54) is 99.0 Å². The molecule has 10 N–H and O–H groups in total. The molecule has 0 amide bonds. The second-order valence-corrected chi connectivity index (χ2v) is 50.9. The number of aromatic nitrogens is 13. The van der Waals surface area contributed by atoms with Crippen LogP contribution in [0.2, 0.25) is 36.3 Å². The summed E-state index contributed by atoms with van der Waals surface area (Å²) in [5.74, 6) is -1.97. The minimum atomic E-state index is -3.22. The van der Waals surface area contributed by atoms with Gasteiger partial charge >= 0.3 is 63.5 Å². The minimum Gasteiger partial charge on any atom is -0.457 e. The van der Waals surface area contributed by atoms with Crippen LogP contribution >= 0.6 is 50.0 Å². The van der Waals surface area contributed by atoms with Crippen LogP contribution < -0.4 is 56.4 Å². The van der Waals surface area contributed by atoms with Crippen molar-refractivity contribution in [1.82, 2.24) is 63.4 Å². The lowest BCUT2D eigenvalue weighted by Crippen LogP contribution is -2.41. The number of rotatable bonds is 19. The third-order valence-electron chi connectivity index (χ3n) is 20.9. The average Bonchev–Trinajstić information content (AvgIpc) is 1.60. The zero-order chi connectivity index (χ0) is 96.8. The summed E-state index contributed by atoms with van der Waals surface area (Å²) in [7, 11) is -1.97. The number of carbonyl (C=O) groups excluding carboxylic acids is 5. The van der Waals surface area contributed by atoms with Crippen molar-refractivity contribution in [1.29, 1.82) is 0 Å². The molecule has 4 fully saturated rings. The van der Waals surface area contributed by atoms with Gasteiger partial charge in [0.2, 0.25) is 6.29 Å². The standard InChI is InChI=1S/C22H35N5O5Si.C15H22N2O5.C14H20N2O6.C11H18O5.C6H15ClSi.C5H6N2O3.C4H4N2O2.CH5N.Cl3OP/c1-9-17-14(2)18(31-15(3)28)20(32-17)26-10-16(11-30-33(7,8)22(4,5)6)19(25-21(26)29)27-13-23-12-24-27;1-5-10-7-17(15(20)16-13(10)19)14-12(21-9(4)18)8(3)11(6-2)22-14;1-4-10-7(2)11(21-8(3)18)13(22-10)16-5-9(6-17)12(19)15-14(16)20;1-5-9-6(2)10(14-7(3)12)11(16-9)15-8(4)13;1-6(2,3)8(4,5)7;8-2-3-1-6-5(10)7-4(3)9;7-3-1-2-5-4(8)6-3;1-2;1-5(2,3)4/h10,12-14,17-18,20H,9,11H2,1-8H3;7-8,11-12,14H,5-6H2,1-4H3,(H,16,19,20);5,7,10-11,13,17H,4,6H2,1-3H3,(H,15,19,20);6,9-11H,5H2,1-4H3;1-5H3;1,8H,2H2,(H2,6,7,9,10);1-2H,(H2,5,6,7,8);2H2,1H3;/t14?,17-,18+,20-;8?,11-,12+,14-;7?,10-,11+,13-;6?,9-,10+,11?;;;;;/m1111...../s1. The molecule has 0 aromatic carbocycles. The van der Waals surface area contributed by atoms with E-state index < -0.39 is 152 Å². The van der Waals surface area contributed by atoms with Crippen LogP contribution in [0.15, 0.2) is 92.9 Å². The number of esters is 5. The highest BCUT2D eigenvalue weighted by Crippen LogP contribution is 2.61. The molecular weight excluding hydrogens is 1790 g/mol. The lowest BCUT2D eigenvalue weighted by Gasteiger charge is -2.36. The van der Waals surface area contributed by atoms with Gasteiger partial charge in [-0.3, -0.25) is 81.4 Å². The average molecular weight is 1920 g/mol. The fourth-order valence-corrected chi connectivity index (χ4v) is 13.1. The van der Waals surface area contributed by atoms with E-state index in [4.69, 9.17) is 63.2 Å². The van der Waals surface area contributed by atoms with Gasteiger partial charge in [-0.15, -0.1) is 0 Å². The summed E-state index contributed by atoms with van der Waals surface area (Å²) in [4.78, 5) is 179. The lowest BCUT2D eigenvalue weighted by atomic mass is 9.98. The van der Waals surface area contributed by atoms with E-state index in [9.17, 15) is 76.8 Å². The van der Waals surface area contributed by atoms with Crippen LogP contribution in [0.4, 0.5) is 0 Å². The van der Waals surface area contributed by atoms with Crippen LogP contribution in [0.1, 0.15) is 205 Å². The van der Waals surface area contributed by atoms with Crippen molar-refractivity contribution in [2.75, 3.05) is 7.05 Å². The highest BCUT2D eigenvalue weighted by atomic mass is 36.0. The molecule has 0 aliphatic carbocycles. The minimum absolute atomic E-state index is 0.0149. The maximum absolute atomic E-state index is 13.1. The Bertz CT molecular complexity index is 4950. The number of aryl methyl sites for hydroxylation is 1. The number of hydrogen-bond acceptors (Lipinski definition) is 31. The summed E-state index contributed by atoms with van der Waals surface area (Å²) in [6.07, 6.45) is 7.33. The molecule has 6 aromatic rings. The molecule has 0 spiro atoms. The van der Waals surface area contributed by atoms with E-state index in [-0.39, 0.29) is 83.0 Å². The van der Waals surface area contributed by atoms with E-state index in [1.807, 2.05) is 72.3 Å². The van der Waals surface area contributed by atoms with Gasteiger partial charge in [0.25, 0.3) is 22.2 Å². The van der Waals surface area contributed by atoms with Crippen LogP contribution in [0.3, 0.4) is 0 Å². The summed E-state index contributed by atoms with van der Waals surface area (Å²) in [6, 6.07) is 1.24. The number of aromatic amines is 6. The van der Waals surface area contributed by atoms with Gasteiger partial charge in [-0.1, -0.05) is 117 Å². The number of nitrogens with zero attached hydrogens (tertiary/aromatic N) is 7. The zero-order valence-corrected chi connectivity index (χ0v) is 81.7. The molecule has 0 radical (unpaired) electrons. The molecule has 5 unspecified atom stereocenters. The third-order valence-corrected chi connectivity index (χ3v) is 30.7. The normalized spacial score (nSPS) is 22.9. The first-order chi connectivity index (χ1) is 58.3. The van der Waals surface area contributed by atoms with E-state index in [2.05, 4.69) is 142 Å². The molecule has 0 saturated carbocycles. The highest BCUT2D eigenvalue weighted by Gasteiger charge is 2.49. The second kappa shape index (κ2) is 51.7. The first-order valence-electron chi connectivity index (χ1n) is 40.4. The number of H-pyrrole nitrogens is 6. The summed E-state index contributed by atoms with van der Waals surface area (Å²) in [5.41, 5.74) is 1.07. The molecule has 10 rings (SSSR count). The monoisotopic (exact) mass is 1920 g/mol. The Labute approximate surface area is 749 Å². The predicted octanol–water partition coefficient (Wildman–Crippen LogP) is 8.59. The van der Waals surface area contributed by atoms with E-state index >= 15 is 0 Å². The summed E-state index contributed by atoms with van der Waals surface area (Å²) < 4.78 is 71.1. The van der Waals surface area contributed by atoms with Gasteiger partial charge in [0.05, 0.1) is 55.4 Å². The number of nitrogens with two attached hydrogens (primary N) is 1. The Morgan fingerprint density at radius 1 is 0.532 bits per heavy atom. The molecule has 41 nitrogen and oxygen atoms in total. The molecule has 4 aliphatic heterocycles. The van der Waals surface area contributed by atoms with Gasteiger partial charge in [-0.05, 0) is 96.0 Å². The van der Waals surface area contributed by atoms with Crippen molar-refractivity contribution in [3.05, 3.63) is 166 Å². The zero-order valence-electron chi connectivity index (χ0n) is 75.8. The number of hydrogen-bond donors (Lipinski definition) is 9. The van der Waals surface area contributed by atoms with Gasteiger partial charge in [0, 0.05) is 106 Å². The topological polar surface area (TPSA) is 568 Å². The largest absolute Gasteiger partial charge is 0.457 e. The van der Waals surface area contributed by atoms with E-state index in [0.29, 0.717) is 34.8 Å². The van der Waals surface area contributed by atoms with Crippen molar-refractivity contribution in [3.8, 4) is 5.82 Å². The quantitative estimate of drug-likeness (QED) is 0.0120. The van der Waals surface area contributed by atoms with Crippen molar-refractivity contribution >= 4 is 95.5 Å². The van der Waals surface area contributed by atoms with Crippen LogP contribution in [0.25, 0.3) is 5.82 Å². The first-order valence-corrected chi connectivity index (χ1v) is 51.7. The summed E-state index contributed by atoms with van der Waals surface area (Å²) in [6.45, 7) is 45.2. The smallest absolute Gasteiger partial charge is 0.351 e. The molecule has 4 saturated heterocycles. The fraction of sp³-hybridized carbons (Fsp3) is 0.654. The molecule has 0 bridgehead atoms. The predicted molar refractivity (Wildman–Crippen MR) is 475 cm³/mol. The van der Waals surface area contributed by atoms with E-state index in [0.717, 1.165) is 23.8 Å². The van der Waals surface area contributed by atoms with Crippen molar-refractivity contribution in [2.24, 2.45) is 29.4 Å². The summed E-state index contributed by atoms with van der Waals surface area (Å²) >= 11 is 20.0. The SMILES string of the molecule is CC(C)(C)[Si](C)(C)Cl.CC[C@H]1OC(OC(C)=O)[C@@H](OC(C)=O)C1C.CC[C@H]1O[C@@H](n2cc(CO)c(=O)[nH]c2=O)[C@@H](OC(C)=O)C1C.CC[C@H]1O[C@@H](n2cc(CO[Si](C)(C)C(C)(C)C)c(-n3cncn3)nc2=O)[C@@H](OC(C)=O)C1C.CCc1cn([C@@H]2O[C@H](CC)C(C)[C@@H]2OC(C)=O)c(=O)[nH]c1=O.CN.O=P(Cl)(Cl)Cl.O=c1[nH]cc(CO)c(=O)[nH]1.O=c1cc[nH]c(=O)[nH]1. The van der Waals surface area contributed by atoms with Crippen LogP contribution in [-0.2, 0) is 102 Å². The molecule has 16 atom stereocenters. The van der Waals surface area contributed by atoms with E-state index in [1.54, 1.807) is 6.20 Å². The Kier molecular flexibility index (Phi) is 46.6. The van der Waals surface area contributed by atoms with Gasteiger partial charge in [0.15, 0.2) is 64.6 Å². The van der Waals surface area contributed by atoms with Gasteiger partial charge < -0.3 is 73.0 Å². The third kappa shape index (κ3) is 35.2. The Morgan fingerprint density at radius 2 is 0.897 bits per heavy atom. The number of ether oxygens (including phenoxy) is 9. The van der Waals surface area contributed by atoms with Crippen LogP contribution in [-0.4, -0.2) is 181 Å². The molecule has 6 aromatic heterocycles. The molecular formula is C78H125Cl4N14O27PSi2. The Morgan fingerprint density at radius 3 is 1.24 bits per heavy atom. The molecule has 10 heterocycles. The van der Waals surface area contributed by atoms with Gasteiger partial charge in [-0.2, -0.15) is 21.2 Å². The van der Waals surface area contributed by atoms with Crippen molar-refractivity contribution in [3.63, 3.8) is 0 Å². The van der Waals surface area contributed by atoms with Crippen LogP contribution in [0.5, 0.6) is 0 Å². The van der Waals surface area contributed by atoms with Gasteiger partial charge in [-0.25, -0.2) is 33.6 Å². The number of aliphatic hydroxyl groups is 2. The number of halogens is 4. The van der Waals surface area contributed by atoms with Crippen molar-refractivity contribution in [2.45, 2.75) is 300 Å². The van der Waals surface area contributed by atoms with Crippen LogP contribution in [0, 0.1) is 23.7 Å². The first kappa shape index (κ1) is 114. The highest BCUT2D eigenvalue weighted by molar-refractivity contribution is 8.24. The maximum atomic E-state index is 13.1. The number of aliphatic hydroxyl groups excluding tert-OH is 2. The molecule has 4 aliphatic rings. The molecule has 710 valence electrons.